The van der Waals surface area contributed by atoms with Gasteiger partial charge in [0.05, 0.1) is 29.1 Å². The van der Waals surface area contributed by atoms with E-state index in [2.05, 4.69) is 20.5 Å². The monoisotopic (exact) mass is 408 g/mol. The zero-order valence-corrected chi connectivity index (χ0v) is 15.0. The molecule has 2 N–H and O–H groups in total. The largest absolute Gasteiger partial charge is 0.417 e. The molecule has 0 bridgehead atoms. The van der Waals surface area contributed by atoms with Crippen LogP contribution in [0.2, 0.25) is 0 Å². The first-order valence-electron chi connectivity index (χ1n) is 8.33. The average molecular weight is 408 g/mol. The summed E-state index contributed by atoms with van der Waals surface area (Å²) in [5.41, 5.74) is 0.723. The normalized spacial score (nSPS) is 11.1. The second kappa shape index (κ2) is 8.29. The zero-order chi connectivity index (χ0) is 21.7. The van der Waals surface area contributed by atoms with Crippen LogP contribution < -0.4 is 11.0 Å². The number of nitrogens with zero attached hydrogens (tertiary/aromatic N) is 4. The Bertz CT molecular complexity index is 1250. The smallest absolute Gasteiger partial charge is 0.290 e. The van der Waals surface area contributed by atoms with E-state index in [4.69, 9.17) is 5.26 Å². The minimum Gasteiger partial charge on any atom is -0.290 e. The molecule has 148 valence electrons. The molecule has 2 aromatic carbocycles. The quantitative estimate of drug-likeness (QED) is 0.505. The number of aromatic nitrogens is 2. The van der Waals surface area contributed by atoms with Crippen LogP contribution in [0.1, 0.15) is 22.3 Å². The van der Waals surface area contributed by atoms with Crippen LogP contribution in [0.4, 0.5) is 19.1 Å². The molecule has 0 aliphatic carbocycles. The standard InChI is InChI=1S/C20H11F3N6O/c21-20(22,23)16-8-12(6-7-14(16)9-24)11-26-29-19-27-17(13-4-2-1-3-5-13)15(10-25)18(30)28-19/h1-8,11H,(H2,27,28,29,30). The highest BCUT2D eigenvalue weighted by Gasteiger charge is 2.33. The van der Waals surface area contributed by atoms with E-state index in [0.717, 1.165) is 18.3 Å². The van der Waals surface area contributed by atoms with Gasteiger partial charge in [0, 0.05) is 5.56 Å². The summed E-state index contributed by atoms with van der Waals surface area (Å²) in [6.45, 7) is 0. The molecule has 0 fully saturated rings. The Labute approximate surface area is 167 Å². The second-order valence-electron chi connectivity index (χ2n) is 5.90. The average Bonchev–Trinajstić information content (AvgIpc) is 2.73. The van der Waals surface area contributed by atoms with E-state index in [-0.39, 0.29) is 22.8 Å². The maximum absolute atomic E-state index is 13.0. The number of nitriles is 2. The van der Waals surface area contributed by atoms with Crippen LogP contribution in [-0.2, 0) is 6.18 Å². The van der Waals surface area contributed by atoms with Gasteiger partial charge in [0.15, 0.2) is 0 Å². The molecule has 0 saturated heterocycles. The van der Waals surface area contributed by atoms with Gasteiger partial charge >= 0.3 is 6.18 Å². The van der Waals surface area contributed by atoms with Gasteiger partial charge in [0.2, 0.25) is 5.95 Å². The molecule has 0 radical (unpaired) electrons. The van der Waals surface area contributed by atoms with Crippen molar-refractivity contribution in [1.29, 1.82) is 10.5 Å². The Hall–Kier alpha value is -4.44. The Morgan fingerprint density at radius 1 is 1.10 bits per heavy atom. The van der Waals surface area contributed by atoms with Crippen LogP contribution in [0.3, 0.4) is 0 Å². The number of hydrogen-bond acceptors (Lipinski definition) is 6. The number of hydrogen-bond donors (Lipinski definition) is 2. The third-order valence-electron chi connectivity index (χ3n) is 3.93. The first-order chi connectivity index (χ1) is 14.3. The number of benzene rings is 2. The van der Waals surface area contributed by atoms with Crippen molar-refractivity contribution in [3.8, 4) is 23.4 Å². The van der Waals surface area contributed by atoms with Gasteiger partial charge in [-0.2, -0.15) is 28.8 Å². The molecule has 0 amide bonds. The predicted octanol–water partition coefficient (Wildman–Crippen LogP) is 3.65. The number of H-pyrrole nitrogens is 1. The molecule has 1 aromatic heterocycles. The van der Waals surface area contributed by atoms with Crippen LogP contribution in [0, 0.1) is 22.7 Å². The van der Waals surface area contributed by atoms with Crippen molar-refractivity contribution in [2.45, 2.75) is 6.18 Å². The summed E-state index contributed by atoms with van der Waals surface area (Å²) in [5, 5.41) is 21.8. The van der Waals surface area contributed by atoms with Crippen molar-refractivity contribution >= 4 is 12.2 Å². The molecule has 1 heterocycles. The molecule has 0 aliphatic rings. The topological polar surface area (TPSA) is 118 Å². The van der Waals surface area contributed by atoms with Crippen LogP contribution >= 0.6 is 0 Å². The maximum Gasteiger partial charge on any atom is 0.417 e. The van der Waals surface area contributed by atoms with Gasteiger partial charge in [-0.05, 0) is 17.7 Å². The van der Waals surface area contributed by atoms with E-state index in [9.17, 15) is 23.2 Å². The third-order valence-corrected chi connectivity index (χ3v) is 3.93. The first-order valence-corrected chi connectivity index (χ1v) is 8.33. The van der Waals surface area contributed by atoms with Gasteiger partial charge in [-0.1, -0.05) is 36.4 Å². The van der Waals surface area contributed by atoms with Gasteiger partial charge in [-0.25, -0.2) is 10.4 Å². The first kappa shape index (κ1) is 20.3. The summed E-state index contributed by atoms with van der Waals surface area (Å²) in [6, 6.07) is 15.0. The van der Waals surface area contributed by atoms with Crippen LogP contribution in [0.15, 0.2) is 58.4 Å². The van der Waals surface area contributed by atoms with Crippen LogP contribution in [0.25, 0.3) is 11.3 Å². The number of rotatable bonds is 4. The highest BCUT2D eigenvalue weighted by Crippen LogP contribution is 2.32. The van der Waals surface area contributed by atoms with Gasteiger partial charge < -0.3 is 0 Å². The lowest BCUT2D eigenvalue weighted by atomic mass is 10.0. The van der Waals surface area contributed by atoms with Crippen molar-refractivity contribution in [2.75, 3.05) is 5.43 Å². The number of hydrazone groups is 1. The van der Waals surface area contributed by atoms with Gasteiger partial charge in [-0.3, -0.25) is 9.78 Å². The lowest BCUT2D eigenvalue weighted by molar-refractivity contribution is -0.137. The Kier molecular flexibility index (Phi) is 5.61. The van der Waals surface area contributed by atoms with E-state index in [1.165, 1.54) is 12.1 Å². The number of nitrogens with one attached hydrogen (secondary N) is 2. The van der Waals surface area contributed by atoms with Gasteiger partial charge in [0.1, 0.15) is 11.6 Å². The summed E-state index contributed by atoms with van der Waals surface area (Å²) in [5.74, 6) is -0.0983. The van der Waals surface area contributed by atoms with E-state index in [0.29, 0.717) is 5.56 Å². The lowest BCUT2D eigenvalue weighted by Gasteiger charge is -2.09. The van der Waals surface area contributed by atoms with Crippen LogP contribution in [0.5, 0.6) is 0 Å². The number of anilines is 1. The molecule has 3 aromatic rings. The van der Waals surface area contributed by atoms with E-state index in [1.807, 2.05) is 0 Å². The fraction of sp³-hybridized carbons (Fsp3) is 0.0500. The number of alkyl halides is 3. The van der Waals surface area contributed by atoms with Crippen molar-refractivity contribution in [3.05, 3.63) is 81.1 Å². The summed E-state index contributed by atoms with van der Waals surface area (Å²) in [6.07, 6.45) is -3.61. The summed E-state index contributed by atoms with van der Waals surface area (Å²) in [4.78, 5) is 18.7. The minimum absolute atomic E-state index is 0.0769. The van der Waals surface area contributed by atoms with Crippen molar-refractivity contribution in [3.63, 3.8) is 0 Å². The molecule has 7 nitrogen and oxygen atoms in total. The highest BCUT2D eigenvalue weighted by atomic mass is 19.4. The fourth-order valence-corrected chi connectivity index (χ4v) is 2.58. The summed E-state index contributed by atoms with van der Waals surface area (Å²) < 4.78 is 39.1. The SMILES string of the molecule is N#Cc1ccc(C=NNc2nc(-c3ccccc3)c(C#N)c(=O)[nH]2)cc1C(F)(F)F. The number of halogens is 3. The fourth-order valence-electron chi connectivity index (χ4n) is 2.58. The predicted molar refractivity (Wildman–Crippen MR) is 102 cm³/mol. The Balaban J connectivity index is 1.91. The molecular weight excluding hydrogens is 397 g/mol. The second-order valence-corrected chi connectivity index (χ2v) is 5.90. The number of aromatic amines is 1. The zero-order valence-electron chi connectivity index (χ0n) is 15.0. The molecule has 0 atom stereocenters. The molecule has 10 heteroatoms. The molecule has 0 spiro atoms. The van der Waals surface area contributed by atoms with Crippen molar-refractivity contribution in [2.24, 2.45) is 5.10 Å². The van der Waals surface area contributed by atoms with E-state index >= 15 is 0 Å². The lowest BCUT2D eigenvalue weighted by Crippen LogP contribution is -2.16. The van der Waals surface area contributed by atoms with E-state index in [1.54, 1.807) is 36.4 Å². The summed E-state index contributed by atoms with van der Waals surface area (Å²) in [7, 11) is 0. The molecule has 3 rings (SSSR count). The molecule has 30 heavy (non-hydrogen) atoms. The third kappa shape index (κ3) is 4.34. The molecule has 0 unspecified atom stereocenters. The van der Waals surface area contributed by atoms with Gasteiger partial charge in [0.25, 0.3) is 5.56 Å². The minimum atomic E-state index is -4.69. The molecule has 0 saturated carbocycles. The summed E-state index contributed by atoms with van der Waals surface area (Å²) >= 11 is 0. The Morgan fingerprint density at radius 3 is 2.47 bits per heavy atom. The molecular formula is C20H11F3N6O. The van der Waals surface area contributed by atoms with Crippen molar-refractivity contribution in [1.82, 2.24) is 9.97 Å². The van der Waals surface area contributed by atoms with Crippen LogP contribution in [-0.4, -0.2) is 16.2 Å². The molecule has 0 aliphatic heterocycles. The highest BCUT2D eigenvalue weighted by molar-refractivity contribution is 5.81. The maximum atomic E-state index is 13.0. The Morgan fingerprint density at radius 2 is 1.83 bits per heavy atom. The van der Waals surface area contributed by atoms with Gasteiger partial charge in [-0.15, -0.1) is 0 Å². The van der Waals surface area contributed by atoms with Crippen molar-refractivity contribution < 1.29 is 13.2 Å². The van der Waals surface area contributed by atoms with E-state index < -0.39 is 22.9 Å².